The van der Waals surface area contributed by atoms with Crippen LogP contribution in [0.2, 0.25) is 0 Å². The molecule has 38 heavy (non-hydrogen) atoms. The number of carboxylic acid groups (broad SMARTS) is 1. The quantitative estimate of drug-likeness (QED) is 0.319. The van der Waals surface area contributed by atoms with Crippen molar-refractivity contribution in [2.45, 2.75) is 19.9 Å². The molecule has 0 aliphatic heterocycles. The van der Waals surface area contributed by atoms with Crippen LogP contribution in [0.1, 0.15) is 22.6 Å². The van der Waals surface area contributed by atoms with Gasteiger partial charge in [0.1, 0.15) is 23.8 Å². The minimum atomic E-state index is -1.14. The summed E-state index contributed by atoms with van der Waals surface area (Å²) in [6, 6.07) is 23.4. The van der Waals surface area contributed by atoms with Crippen LogP contribution in [0, 0.1) is 18.8 Å². The molecule has 192 valence electrons. The summed E-state index contributed by atoms with van der Waals surface area (Å²) >= 11 is 0. The largest absolute Gasteiger partial charge is 0.497 e. The minimum Gasteiger partial charge on any atom is -0.497 e. The Bertz CT molecular complexity index is 1450. The lowest BCUT2D eigenvalue weighted by Gasteiger charge is -2.20. The molecule has 4 aromatic rings. The normalized spacial score (nSPS) is 10.3. The number of ether oxygens (including phenoxy) is 2. The zero-order chi connectivity index (χ0) is 26.9. The van der Waals surface area contributed by atoms with Gasteiger partial charge in [0.15, 0.2) is 0 Å². The van der Waals surface area contributed by atoms with Crippen molar-refractivity contribution in [3.05, 3.63) is 101 Å². The van der Waals surface area contributed by atoms with Crippen molar-refractivity contribution in [3.8, 4) is 34.8 Å². The van der Waals surface area contributed by atoms with Crippen molar-refractivity contribution in [2.24, 2.45) is 0 Å². The smallest absolute Gasteiger partial charge is 0.416 e. The van der Waals surface area contributed by atoms with E-state index in [1.165, 1.54) is 7.11 Å². The number of hydrogen-bond donors (Lipinski definition) is 1. The Morgan fingerprint density at radius 1 is 0.974 bits per heavy atom. The molecular weight excluding hydrogens is 484 g/mol. The third-order valence-corrected chi connectivity index (χ3v) is 5.58. The fourth-order valence-electron chi connectivity index (χ4n) is 3.60. The highest BCUT2D eigenvalue weighted by Crippen LogP contribution is 2.22. The monoisotopic (exact) mass is 510 g/mol. The van der Waals surface area contributed by atoms with Gasteiger partial charge in [-0.1, -0.05) is 42.2 Å². The maximum Gasteiger partial charge on any atom is 0.416 e. The van der Waals surface area contributed by atoms with Crippen LogP contribution in [0.5, 0.6) is 11.5 Å². The van der Waals surface area contributed by atoms with Crippen LogP contribution < -0.4 is 9.47 Å². The van der Waals surface area contributed by atoms with Gasteiger partial charge in [-0.05, 0) is 61.0 Å². The van der Waals surface area contributed by atoms with Gasteiger partial charge in [0.25, 0.3) is 0 Å². The van der Waals surface area contributed by atoms with Gasteiger partial charge in [0, 0.05) is 17.7 Å². The maximum absolute atomic E-state index is 12.6. The first-order chi connectivity index (χ1) is 18.4. The molecule has 1 heterocycles. The van der Waals surface area contributed by atoms with Crippen LogP contribution in [0.15, 0.2) is 83.3 Å². The summed E-state index contributed by atoms with van der Waals surface area (Å²) in [7, 11) is 1.53. The molecule has 0 unspecified atom stereocenters. The maximum atomic E-state index is 12.6. The second kappa shape index (κ2) is 12.3. The predicted molar refractivity (Wildman–Crippen MR) is 141 cm³/mol. The standard InChI is InChI=1S/C30H26N2O6/c1-21-27(31-29(37-21)24-8-4-3-5-9-24)10-6-7-22-11-13-23(14-12-22)19-32(20-28(33)34)30(35)38-26-17-15-25(36-2)16-18-26/h3-5,8-9,11-18H,10,19-20H2,1-2H3,(H,33,34). The Morgan fingerprint density at radius 2 is 1.66 bits per heavy atom. The van der Waals surface area contributed by atoms with Gasteiger partial charge in [-0.2, -0.15) is 0 Å². The van der Waals surface area contributed by atoms with Gasteiger partial charge in [0.2, 0.25) is 5.89 Å². The van der Waals surface area contributed by atoms with Crippen molar-refractivity contribution in [1.82, 2.24) is 9.88 Å². The summed E-state index contributed by atoms with van der Waals surface area (Å²) in [6.45, 7) is 1.43. The summed E-state index contributed by atoms with van der Waals surface area (Å²) in [6.07, 6.45) is -0.327. The average Bonchev–Trinajstić information content (AvgIpc) is 3.30. The Morgan fingerprint density at radius 3 is 2.32 bits per heavy atom. The number of aryl methyl sites for hydroxylation is 1. The third kappa shape index (κ3) is 7.02. The zero-order valence-electron chi connectivity index (χ0n) is 21.0. The Labute approximate surface area is 220 Å². The van der Waals surface area contributed by atoms with Gasteiger partial charge in [0.05, 0.1) is 19.2 Å². The van der Waals surface area contributed by atoms with Crippen molar-refractivity contribution in [1.29, 1.82) is 0 Å². The molecule has 1 amide bonds. The predicted octanol–water partition coefficient (Wildman–Crippen LogP) is 5.34. The highest BCUT2D eigenvalue weighted by molar-refractivity contribution is 5.78. The van der Waals surface area contributed by atoms with E-state index in [0.29, 0.717) is 18.1 Å². The number of carbonyl (C=O) groups excluding carboxylic acids is 1. The van der Waals surface area contributed by atoms with E-state index in [0.717, 1.165) is 33.0 Å². The van der Waals surface area contributed by atoms with Crippen LogP contribution in [-0.4, -0.2) is 40.7 Å². The first-order valence-electron chi connectivity index (χ1n) is 11.8. The van der Waals surface area contributed by atoms with E-state index in [9.17, 15) is 14.7 Å². The highest BCUT2D eigenvalue weighted by Gasteiger charge is 2.19. The summed E-state index contributed by atoms with van der Waals surface area (Å²) in [5.41, 5.74) is 3.22. The number of methoxy groups -OCH3 is 1. The second-order valence-corrected chi connectivity index (χ2v) is 8.36. The Balaban J connectivity index is 1.38. The lowest BCUT2D eigenvalue weighted by atomic mass is 10.1. The SMILES string of the molecule is COc1ccc(OC(=O)N(CC(=O)O)Cc2ccc(C#CCc3nc(-c4ccccc4)oc3C)cc2)cc1. The summed E-state index contributed by atoms with van der Waals surface area (Å²) in [5, 5.41) is 9.27. The van der Waals surface area contributed by atoms with E-state index in [-0.39, 0.29) is 12.3 Å². The topological polar surface area (TPSA) is 102 Å². The van der Waals surface area contributed by atoms with Crippen molar-refractivity contribution in [2.75, 3.05) is 13.7 Å². The lowest BCUT2D eigenvalue weighted by Crippen LogP contribution is -2.37. The molecule has 0 fully saturated rings. The Hall–Kier alpha value is -5.03. The Kier molecular flexibility index (Phi) is 8.42. The number of oxazole rings is 1. The summed E-state index contributed by atoms with van der Waals surface area (Å²) < 4.78 is 16.2. The van der Waals surface area contributed by atoms with Crippen LogP contribution in [0.25, 0.3) is 11.5 Å². The van der Waals surface area contributed by atoms with Gasteiger partial charge >= 0.3 is 12.1 Å². The van der Waals surface area contributed by atoms with Gasteiger partial charge in [-0.3, -0.25) is 9.69 Å². The summed E-state index contributed by atoms with van der Waals surface area (Å²) in [4.78, 5) is 29.7. The molecule has 0 aliphatic rings. The number of hydrogen-bond acceptors (Lipinski definition) is 6. The number of benzene rings is 3. The average molecular weight is 511 g/mol. The first-order valence-corrected chi connectivity index (χ1v) is 11.8. The van der Waals surface area contributed by atoms with E-state index >= 15 is 0 Å². The molecule has 0 aliphatic carbocycles. The van der Waals surface area contributed by atoms with Gasteiger partial charge < -0.3 is 19.0 Å². The van der Waals surface area contributed by atoms with E-state index in [1.807, 2.05) is 49.4 Å². The van der Waals surface area contributed by atoms with E-state index in [1.54, 1.807) is 36.4 Å². The fraction of sp³-hybridized carbons (Fsp3) is 0.167. The molecular formula is C30H26N2O6. The molecule has 8 nitrogen and oxygen atoms in total. The van der Waals surface area contributed by atoms with Crippen LogP contribution >= 0.6 is 0 Å². The molecule has 3 aromatic carbocycles. The number of amides is 1. The fourth-order valence-corrected chi connectivity index (χ4v) is 3.60. The third-order valence-electron chi connectivity index (χ3n) is 5.58. The number of nitrogens with zero attached hydrogens (tertiary/aromatic N) is 2. The molecule has 0 radical (unpaired) electrons. The van der Waals surface area contributed by atoms with Gasteiger partial charge in [-0.25, -0.2) is 9.78 Å². The van der Waals surface area contributed by atoms with Crippen molar-refractivity contribution >= 4 is 12.1 Å². The summed E-state index contributed by atoms with van der Waals surface area (Å²) in [5.74, 6) is 7.29. The van der Waals surface area contributed by atoms with Crippen molar-refractivity contribution < 1.29 is 28.6 Å². The molecule has 1 N–H and O–H groups in total. The van der Waals surface area contributed by atoms with Gasteiger partial charge in [-0.15, -0.1) is 0 Å². The first kappa shape index (κ1) is 26.0. The lowest BCUT2D eigenvalue weighted by molar-refractivity contribution is -0.138. The molecule has 4 rings (SSSR count). The van der Waals surface area contributed by atoms with E-state index in [4.69, 9.17) is 13.9 Å². The molecule has 8 heteroatoms. The molecule has 0 bridgehead atoms. The molecule has 0 spiro atoms. The van der Waals surface area contributed by atoms with Crippen molar-refractivity contribution in [3.63, 3.8) is 0 Å². The van der Waals surface area contributed by atoms with Crippen LogP contribution in [-0.2, 0) is 17.8 Å². The number of rotatable bonds is 8. The molecule has 0 saturated carbocycles. The second-order valence-electron chi connectivity index (χ2n) is 8.36. The van der Waals surface area contributed by atoms with E-state index < -0.39 is 18.6 Å². The van der Waals surface area contributed by atoms with E-state index in [2.05, 4.69) is 16.8 Å². The minimum absolute atomic E-state index is 0.0649. The number of carbonyl (C=O) groups is 2. The zero-order valence-corrected chi connectivity index (χ0v) is 21.0. The highest BCUT2D eigenvalue weighted by atomic mass is 16.6. The number of aliphatic carboxylic acids is 1. The van der Waals surface area contributed by atoms with Crippen LogP contribution in [0.4, 0.5) is 4.79 Å². The molecule has 0 atom stereocenters. The number of carboxylic acids is 1. The molecule has 1 aromatic heterocycles. The molecule has 0 saturated heterocycles. The van der Waals surface area contributed by atoms with Crippen LogP contribution in [0.3, 0.4) is 0 Å². The number of aromatic nitrogens is 1.